The van der Waals surface area contributed by atoms with Gasteiger partial charge >= 0.3 is 0 Å². The van der Waals surface area contributed by atoms with Gasteiger partial charge in [-0.1, -0.05) is 0 Å². The third kappa shape index (κ3) is 3.21. The maximum absolute atomic E-state index is 12.9. The number of aryl methyl sites for hydroxylation is 1. The Morgan fingerprint density at radius 1 is 1.32 bits per heavy atom. The zero-order valence-corrected chi connectivity index (χ0v) is 15.4. The van der Waals surface area contributed by atoms with Crippen molar-refractivity contribution < 1.29 is 9.53 Å². The normalized spacial score (nSPS) is 24.8. The summed E-state index contributed by atoms with van der Waals surface area (Å²) in [6.07, 6.45) is 4.71. The SMILES string of the molecule is C[C@@H]1[C@H](N2CCOCC2)CCN1C(=O)c1csc(-c2cnn(C)c2)n1. The molecule has 2 aromatic rings. The van der Waals surface area contributed by atoms with E-state index in [1.54, 1.807) is 10.9 Å². The second kappa shape index (κ2) is 6.86. The number of rotatable bonds is 3. The molecule has 8 heteroatoms. The van der Waals surface area contributed by atoms with E-state index >= 15 is 0 Å². The average molecular weight is 361 g/mol. The lowest BCUT2D eigenvalue weighted by Gasteiger charge is -2.35. The molecule has 0 unspecified atom stereocenters. The number of amides is 1. The van der Waals surface area contributed by atoms with E-state index in [0.717, 1.165) is 49.8 Å². The Balaban J connectivity index is 1.47. The minimum absolute atomic E-state index is 0.0367. The number of thiazole rings is 1. The number of carbonyl (C=O) groups is 1. The predicted molar refractivity (Wildman–Crippen MR) is 95.6 cm³/mol. The summed E-state index contributed by atoms with van der Waals surface area (Å²) in [5, 5.41) is 6.87. The van der Waals surface area contributed by atoms with Crippen LogP contribution >= 0.6 is 11.3 Å². The quantitative estimate of drug-likeness (QED) is 0.829. The number of carbonyl (C=O) groups excluding carboxylic acids is 1. The topological polar surface area (TPSA) is 63.5 Å². The first kappa shape index (κ1) is 16.7. The van der Waals surface area contributed by atoms with Crippen LogP contribution in [0.4, 0.5) is 0 Å². The highest BCUT2D eigenvalue weighted by molar-refractivity contribution is 7.13. The molecule has 7 nitrogen and oxygen atoms in total. The molecule has 0 saturated carbocycles. The van der Waals surface area contributed by atoms with Crippen LogP contribution in [0.25, 0.3) is 10.6 Å². The van der Waals surface area contributed by atoms with Gasteiger partial charge in [-0.15, -0.1) is 11.3 Å². The molecule has 134 valence electrons. The van der Waals surface area contributed by atoms with Gasteiger partial charge in [0.25, 0.3) is 5.91 Å². The summed E-state index contributed by atoms with van der Waals surface area (Å²) in [4.78, 5) is 21.9. The van der Waals surface area contributed by atoms with Crippen LogP contribution in [0, 0.1) is 0 Å². The lowest BCUT2D eigenvalue weighted by molar-refractivity contribution is 0.0104. The summed E-state index contributed by atoms with van der Waals surface area (Å²) < 4.78 is 7.19. The van der Waals surface area contributed by atoms with Gasteiger partial charge < -0.3 is 9.64 Å². The first-order valence-electron chi connectivity index (χ1n) is 8.71. The van der Waals surface area contributed by atoms with E-state index in [-0.39, 0.29) is 11.9 Å². The number of likely N-dealkylation sites (tertiary alicyclic amines) is 1. The lowest BCUT2D eigenvalue weighted by Crippen LogP contribution is -2.49. The minimum Gasteiger partial charge on any atom is -0.379 e. The molecule has 0 spiro atoms. The minimum atomic E-state index is 0.0367. The highest BCUT2D eigenvalue weighted by atomic mass is 32.1. The van der Waals surface area contributed by atoms with Gasteiger partial charge in [-0.2, -0.15) is 5.10 Å². The number of hydrogen-bond donors (Lipinski definition) is 0. The predicted octanol–water partition coefficient (Wildman–Crippen LogP) is 1.48. The first-order chi connectivity index (χ1) is 12.1. The molecule has 2 aliphatic heterocycles. The van der Waals surface area contributed by atoms with E-state index in [1.807, 2.05) is 23.5 Å². The summed E-state index contributed by atoms with van der Waals surface area (Å²) >= 11 is 1.49. The van der Waals surface area contributed by atoms with Crippen molar-refractivity contribution in [3.8, 4) is 10.6 Å². The van der Waals surface area contributed by atoms with Crippen molar-refractivity contribution in [3.05, 3.63) is 23.5 Å². The Hall–Kier alpha value is -1.77. The van der Waals surface area contributed by atoms with Gasteiger partial charge in [-0.25, -0.2) is 4.98 Å². The summed E-state index contributed by atoms with van der Waals surface area (Å²) in [7, 11) is 1.88. The van der Waals surface area contributed by atoms with E-state index in [2.05, 4.69) is 21.9 Å². The van der Waals surface area contributed by atoms with Crippen molar-refractivity contribution >= 4 is 17.2 Å². The van der Waals surface area contributed by atoms with Gasteiger partial charge in [-0.05, 0) is 13.3 Å². The Kier molecular flexibility index (Phi) is 4.58. The number of hydrogen-bond acceptors (Lipinski definition) is 6. The fourth-order valence-electron chi connectivity index (χ4n) is 3.79. The standard InChI is InChI=1S/C17H23N5O2S/c1-12-15(21-5-7-24-8-6-21)3-4-22(12)17(23)14-11-25-16(19-14)13-9-18-20(2)10-13/h9-12,15H,3-8H2,1-2H3/t12-,15-/m1/s1. The molecular formula is C17H23N5O2S. The molecule has 0 aliphatic carbocycles. The van der Waals surface area contributed by atoms with Crippen LogP contribution < -0.4 is 0 Å². The molecule has 2 fully saturated rings. The van der Waals surface area contributed by atoms with E-state index in [0.29, 0.717) is 11.7 Å². The van der Waals surface area contributed by atoms with Crippen LogP contribution in [0.5, 0.6) is 0 Å². The maximum Gasteiger partial charge on any atom is 0.273 e. The molecule has 0 radical (unpaired) electrons. The molecule has 2 atom stereocenters. The monoisotopic (exact) mass is 361 g/mol. The molecule has 1 amide bonds. The molecule has 0 N–H and O–H groups in total. The fourth-order valence-corrected chi connectivity index (χ4v) is 4.56. The number of ether oxygens (including phenoxy) is 1. The number of morpholine rings is 1. The van der Waals surface area contributed by atoms with Gasteiger partial charge in [0, 0.05) is 55.9 Å². The maximum atomic E-state index is 12.9. The van der Waals surface area contributed by atoms with Crippen molar-refractivity contribution in [1.29, 1.82) is 0 Å². The average Bonchev–Trinajstić information content (AvgIpc) is 3.34. The van der Waals surface area contributed by atoms with Crippen molar-refractivity contribution in [2.24, 2.45) is 7.05 Å². The molecule has 2 aliphatic rings. The highest BCUT2D eigenvalue weighted by Crippen LogP contribution is 2.28. The van der Waals surface area contributed by atoms with Gasteiger partial charge in [0.2, 0.25) is 0 Å². The molecule has 0 aromatic carbocycles. The smallest absolute Gasteiger partial charge is 0.273 e. The Morgan fingerprint density at radius 2 is 2.12 bits per heavy atom. The van der Waals surface area contributed by atoms with Crippen molar-refractivity contribution in [3.63, 3.8) is 0 Å². The van der Waals surface area contributed by atoms with E-state index < -0.39 is 0 Å². The zero-order valence-electron chi connectivity index (χ0n) is 14.6. The van der Waals surface area contributed by atoms with Gasteiger partial charge in [0.1, 0.15) is 10.7 Å². The van der Waals surface area contributed by atoms with Gasteiger partial charge in [0.05, 0.1) is 19.4 Å². The zero-order chi connectivity index (χ0) is 17.4. The summed E-state index contributed by atoms with van der Waals surface area (Å²) in [5.74, 6) is 0.0367. The summed E-state index contributed by atoms with van der Waals surface area (Å²) in [6.45, 7) is 6.44. The summed E-state index contributed by atoms with van der Waals surface area (Å²) in [5.41, 5.74) is 1.49. The van der Waals surface area contributed by atoms with Gasteiger partial charge in [0.15, 0.2) is 0 Å². The summed E-state index contributed by atoms with van der Waals surface area (Å²) in [6, 6.07) is 0.624. The molecule has 4 heterocycles. The lowest BCUT2D eigenvalue weighted by atomic mass is 10.1. The number of nitrogens with zero attached hydrogens (tertiary/aromatic N) is 5. The first-order valence-corrected chi connectivity index (χ1v) is 9.59. The highest BCUT2D eigenvalue weighted by Gasteiger charge is 2.38. The van der Waals surface area contributed by atoms with Crippen molar-refractivity contribution in [2.45, 2.75) is 25.4 Å². The molecular weight excluding hydrogens is 338 g/mol. The van der Waals surface area contributed by atoms with Crippen LogP contribution in [-0.4, -0.2) is 75.4 Å². The molecule has 2 saturated heterocycles. The van der Waals surface area contributed by atoms with Crippen LogP contribution in [0.2, 0.25) is 0 Å². The van der Waals surface area contributed by atoms with E-state index in [4.69, 9.17) is 4.74 Å². The Labute approximate surface area is 151 Å². The molecule has 2 aromatic heterocycles. The Morgan fingerprint density at radius 3 is 2.84 bits per heavy atom. The van der Waals surface area contributed by atoms with E-state index in [1.165, 1.54) is 11.3 Å². The largest absolute Gasteiger partial charge is 0.379 e. The van der Waals surface area contributed by atoms with Crippen molar-refractivity contribution in [2.75, 3.05) is 32.8 Å². The van der Waals surface area contributed by atoms with Crippen LogP contribution in [0.3, 0.4) is 0 Å². The number of aromatic nitrogens is 3. The second-order valence-electron chi connectivity index (χ2n) is 6.68. The Bertz CT molecular complexity index is 752. The third-order valence-electron chi connectivity index (χ3n) is 5.16. The van der Waals surface area contributed by atoms with Gasteiger partial charge in [-0.3, -0.25) is 14.4 Å². The van der Waals surface area contributed by atoms with Crippen LogP contribution in [0.1, 0.15) is 23.8 Å². The molecule has 4 rings (SSSR count). The molecule has 0 bridgehead atoms. The van der Waals surface area contributed by atoms with Crippen molar-refractivity contribution in [1.82, 2.24) is 24.6 Å². The van der Waals surface area contributed by atoms with E-state index in [9.17, 15) is 4.79 Å². The molecule has 25 heavy (non-hydrogen) atoms. The van der Waals surface area contributed by atoms with Crippen LogP contribution in [-0.2, 0) is 11.8 Å². The van der Waals surface area contributed by atoms with Crippen LogP contribution in [0.15, 0.2) is 17.8 Å². The third-order valence-corrected chi connectivity index (χ3v) is 6.06. The fraction of sp³-hybridized carbons (Fsp3) is 0.588. The second-order valence-corrected chi connectivity index (χ2v) is 7.54.